The lowest BCUT2D eigenvalue weighted by Crippen LogP contribution is -2.58. The van der Waals surface area contributed by atoms with Crippen LogP contribution in [0.5, 0.6) is 0 Å². The molecule has 0 saturated carbocycles. The van der Waals surface area contributed by atoms with Crippen molar-refractivity contribution in [3.05, 3.63) is 0 Å². The minimum Gasteiger partial charge on any atom is -0.380 e. The highest BCUT2D eigenvalue weighted by atomic mass is 16.5. The molecule has 92 valence electrons. The molecule has 1 aliphatic heterocycles. The van der Waals surface area contributed by atoms with Gasteiger partial charge in [0.1, 0.15) is 6.04 Å². The highest BCUT2D eigenvalue weighted by Crippen LogP contribution is 2.08. The molecule has 0 aromatic rings. The summed E-state index contributed by atoms with van der Waals surface area (Å²) in [6.45, 7) is 5.76. The van der Waals surface area contributed by atoms with Crippen molar-refractivity contribution in [3.8, 4) is 0 Å². The smallest absolute Gasteiger partial charge is 0.243 e. The van der Waals surface area contributed by atoms with E-state index in [0.717, 1.165) is 6.42 Å². The first-order valence-electron chi connectivity index (χ1n) is 5.85. The van der Waals surface area contributed by atoms with Crippen molar-refractivity contribution < 1.29 is 14.3 Å². The quantitative estimate of drug-likeness (QED) is 0.658. The van der Waals surface area contributed by atoms with Gasteiger partial charge in [-0.05, 0) is 12.8 Å². The molecule has 0 bridgehead atoms. The number of nitrogens with one attached hydrogen (secondary N) is 1. The van der Waals surface area contributed by atoms with Gasteiger partial charge in [0.05, 0.1) is 13.2 Å². The molecule has 2 amide bonds. The Labute approximate surface area is 96.1 Å². The van der Waals surface area contributed by atoms with Crippen molar-refractivity contribution >= 4 is 11.8 Å². The number of hydrogen-bond donors (Lipinski definition) is 1. The zero-order chi connectivity index (χ0) is 12.0. The van der Waals surface area contributed by atoms with E-state index >= 15 is 0 Å². The van der Waals surface area contributed by atoms with Crippen LogP contribution in [0.15, 0.2) is 0 Å². The lowest BCUT2D eigenvalue weighted by molar-refractivity contribution is -0.146. The molecular weight excluding hydrogens is 208 g/mol. The van der Waals surface area contributed by atoms with E-state index in [4.69, 9.17) is 4.74 Å². The fourth-order valence-electron chi connectivity index (χ4n) is 1.79. The molecule has 0 aromatic carbocycles. The van der Waals surface area contributed by atoms with Gasteiger partial charge in [-0.25, -0.2) is 0 Å². The first-order valence-corrected chi connectivity index (χ1v) is 5.85. The van der Waals surface area contributed by atoms with Crippen molar-refractivity contribution in [1.82, 2.24) is 10.2 Å². The Kier molecular flexibility index (Phi) is 5.25. The van der Waals surface area contributed by atoms with E-state index in [1.165, 1.54) is 0 Å². The Morgan fingerprint density at radius 3 is 2.75 bits per heavy atom. The number of carbonyl (C=O) groups is 2. The van der Waals surface area contributed by atoms with Gasteiger partial charge >= 0.3 is 0 Å². The zero-order valence-electron chi connectivity index (χ0n) is 9.99. The van der Waals surface area contributed by atoms with E-state index < -0.39 is 0 Å². The van der Waals surface area contributed by atoms with Gasteiger partial charge in [0.25, 0.3) is 0 Å². The number of hydrogen-bond acceptors (Lipinski definition) is 3. The lowest BCUT2D eigenvalue weighted by Gasteiger charge is -2.34. The molecule has 1 fully saturated rings. The van der Waals surface area contributed by atoms with E-state index in [9.17, 15) is 9.59 Å². The summed E-state index contributed by atoms with van der Waals surface area (Å²) in [6.07, 6.45) is 1.61. The van der Waals surface area contributed by atoms with E-state index in [-0.39, 0.29) is 24.4 Å². The second-order valence-electron chi connectivity index (χ2n) is 3.84. The van der Waals surface area contributed by atoms with Crippen LogP contribution in [0.4, 0.5) is 0 Å². The van der Waals surface area contributed by atoms with Crippen LogP contribution in [0.2, 0.25) is 0 Å². The normalized spacial score (nSPS) is 21.1. The largest absolute Gasteiger partial charge is 0.380 e. The molecule has 16 heavy (non-hydrogen) atoms. The zero-order valence-corrected chi connectivity index (χ0v) is 9.99. The van der Waals surface area contributed by atoms with Crippen LogP contribution in [0.3, 0.4) is 0 Å². The van der Waals surface area contributed by atoms with Gasteiger partial charge in [0.2, 0.25) is 11.8 Å². The van der Waals surface area contributed by atoms with Gasteiger partial charge < -0.3 is 15.0 Å². The van der Waals surface area contributed by atoms with Gasteiger partial charge in [-0.1, -0.05) is 13.8 Å². The van der Waals surface area contributed by atoms with Crippen molar-refractivity contribution in [2.24, 2.45) is 0 Å². The van der Waals surface area contributed by atoms with E-state index in [0.29, 0.717) is 26.2 Å². The molecule has 0 spiro atoms. The Bertz CT molecular complexity index is 256. The molecule has 5 nitrogen and oxygen atoms in total. The molecule has 0 aromatic heterocycles. The third-order valence-corrected chi connectivity index (χ3v) is 2.62. The second kappa shape index (κ2) is 6.48. The molecule has 0 radical (unpaired) electrons. The van der Waals surface area contributed by atoms with Gasteiger partial charge in [-0.2, -0.15) is 0 Å². The first-order chi connectivity index (χ1) is 7.70. The molecule has 0 aliphatic carbocycles. The van der Waals surface area contributed by atoms with Crippen molar-refractivity contribution in [3.63, 3.8) is 0 Å². The molecular formula is C11H20N2O3. The maximum absolute atomic E-state index is 11.6. The summed E-state index contributed by atoms with van der Waals surface area (Å²) in [7, 11) is 0. The van der Waals surface area contributed by atoms with Crippen LogP contribution in [-0.4, -0.2) is 49.1 Å². The summed E-state index contributed by atoms with van der Waals surface area (Å²) >= 11 is 0. The van der Waals surface area contributed by atoms with Crippen LogP contribution in [-0.2, 0) is 14.3 Å². The predicted molar refractivity (Wildman–Crippen MR) is 59.9 cm³/mol. The summed E-state index contributed by atoms with van der Waals surface area (Å²) in [6, 6.07) is -0.327. The third-order valence-electron chi connectivity index (χ3n) is 2.62. The van der Waals surface area contributed by atoms with Crippen LogP contribution in [0.1, 0.15) is 26.7 Å². The summed E-state index contributed by atoms with van der Waals surface area (Å²) < 4.78 is 5.34. The summed E-state index contributed by atoms with van der Waals surface area (Å²) in [5.41, 5.74) is 0. The van der Waals surface area contributed by atoms with E-state index in [2.05, 4.69) is 5.32 Å². The average Bonchev–Trinajstić information content (AvgIpc) is 2.29. The fraction of sp³-hybridized carbons (Fsp3) is 0.818. The lowest BCUT2D eigenvalue weighted by atomic mass is 10.1. The van der Waals surface area contributed by atoms with Gasteiger partial charge in [-0.15, -0.1) is 0 Å². The number of ether oxygens (including phenoxy) is 1. The summed E-state index contributed by atoms with van der Waals surface area (Å²) in [4.78, 5) is 24.8. The highest BCUT2D eigenvalue weighted by molar-refractivity contribution is 5.94. The summed E-state index contributed by atoms with van der Waals surface area (Å²) in [5.74, 6) is -0.0795. The van der Waals surface area contributed by atoms with Crippen molar-refractivity contribution in [1.29, 1.82) is 0 Å². The number of rotatable bonds is 6. The maximum atomic E-state index is 11.6. The number of piperazine rings is 1. The van der Waals surface area contributed by atoms with E-state index in [1.807, 2.05) is 13.8 Å². The van der Waals surface area contributed by atoms with Gasteiger partial charge in [-0.3, -0.25) is 9.59 Å². The molecule has 5 heteroatoms. The summed E-state index contributed by atoms with van der Waals surface area (Å²) in [5, 5.41) is 2.59. The number of carbonyl (C=O) groups excluding carboxylic acids is 2. The Balaban J connectivity index is 2.45. The topological polar surface area (TPSA) is 58.6 Å². The van der Waals surface area contributed by atoms with Crippen molar-refractivity contribution in [2.45, 2.75) is 32.7 Å². The van der Waals surface area contributed by atoms with Crippen LogP contribution in [0.25, 0.3) is 0 Å². The minimum absolute atomic E-state index is 0.0217. The average molecular weight is 228 g/mol. The second-order valence-corrected chi connectivity index (χ2v) is 3.84. The highest BCUT2D eigenvalue weighted by Gasteiger charge is 2.32. The molecule has 1 N–H and O–H groups in total. The predicted octanol–water partition coefficient (Wildman–Crippen LogP) is 0.150. The maximum Gasteiger partial charge on any atom is 0.243 e. The molecule has 1 aliphatic rings. The molecule has 1 rings (SSSR count). The minimum atomic E-state index is -0.327. The van der Waals surface area contributed by atoms with Crippen molar-refractivity contribution in [2.75, 3.05) is 26.3 Å². The Morgan fingerprint density at radius 1 is 1.38 bits per heavy atom. The van der Waals surface area contributed by atoms with Crippen LogP contribution < -0.4 is 5.32 Å². The third kappa shape index (κ3) is 3.20. The molecule has 1 unspecified atom stereocenters. The Morgan fingerprint density at radius 2 is 2.12 bits per heavy atom. The van der Waals surface area contributed by atoms with Crippen LogP contribution >= 0.6 is 0 Å². The van der Waals surface area contributed by atoms with Gasteiger partial charge in [0.15, 0.2) is 0 Å². The molecule has 1 atom stereocenters. The first kappa shape index (κ1) is 13.0. The SMILES string of the molecule is CCCOCCN1C(=O)CNC(=O)C1CC. The number of amides is 2. The van der Waals surface area contributed by atoms with E-state index in [1.54, 1.807) is 4.90 Å². The molecule has 1 saturated heterocycles. The standard InChI is InChI=1S/C11H20N2O3/c1-3-6-16-7-5-13-9(4-2)11(15)12-8-10(13)14/h9H,3-8H2,1-2H3,(H,12,15). The molecule has 1 heterocycles. The number of nitrogens with zero attached hydrogens (tertiary/aromatic N) is 1. The fourth-order valence-corrected chi connectivity index (χ4v) is 1.79. The monoisotopic (exact) mass is 228 g/mol. The van der Waals surface area contributed by atoms with Crippen LogP contribution in [0, 0.1) is 0 Å². The van der Waals surface area contributed by atoms with Gasteiger partial charge in [0, 0.05) is 13.2 Å². The Hall–Kier alpha value is -1.10.